The summed E-state index contributed by atoms with van der Waals surface area (Å²) in [6, 6.07) is 26.0. The Labute approximate surface area is 292 Å². The summed E-state index contributed by atoms with van der Waals surface area (Å²) in [6.07, 6.45) is 12.4. The SMILES string of the molecule is C#CCCCCC(=O)NCCCCCC(=O)N1CCC(CO)(COC(c2ccccc2)(c2ccc(OC)cc2)c2ccc(OC)cc2)CC1. The second-order valence-electron chi connectivity index (χ2n) is 12.9. The van der Waals surface area contributed by atoms with Gasteiger partial charge in [0.25, 0.3) is 0 Å². The van der Waals surface area contributed by atoms with E-state index >= 15 is 0 Å². The van der Waals surface area contributed by atoms with Gasteiger partial charge in [-0.1, -0.05) is 61.0 Å². The van der Waals surface area contributed by atoms with Crippen molar-refractivity contribution in [3.63, 3.8) is 0 Å². The fourth-order valence-electron chi connectivity index (χ4n) is 6.48. The first-order valence-corrected chi connectivity index (χ1v) is 17.5. The number of terminal acetylenes is 1. The maximum absolute atomic E-state index is 13.1. The van der Waals surface area contributed by atoms with Crippen molar-refractivity contribution < 1.29 is 28.9 Å². The van der Waals surface area contributed by atoms with Gasteiger partial charge in [0, 0.05) is 44.3 Å². The van der Waals surface area contributed by atoms with Crippen molar-refractivity contribution in [3.05, 3.63) is 95.6 Å². The van der Waals surface area contributed by atoms with Crippen LogP contribution in [-0.4, -0.2) is 68.9 Å². The summed E-state index contributed by atoms with van der Waals surface area (Å²) in [6.45, 7) is 2.03. The number of hydrogen-bond donors (Lipinski definition) is 2. The third kappa shape index (κ3) is 10.1. The van der Waals surface area contributed by atoms with Crippen LogP contribution in [0, 0.1) is 17.8 Å². The Morgan fingerprint density at radius 1 is 0.816 bits per heavy atom. The van der Waals surface area contributed by atoms with Gasteiger partial charge in [-0.2, -0.15) is 0 Å². The molecule has 3 aromatic rings. The Balaban J connectivity index is 1.39. The van der Waals surface area contributed by atoms with Crippen molar-refractivity contribution in [1.82, 2.24) is 10.2 Å². The fraction of sp³-hybridized carbons (Fsp3) is 0.463. The Morgan fingerprint density at radius 2 is 1.39 bits per heavy atom. The number of ether oxygens (including phenoxy) is 3. The topological polar surface area (TPSA) is 97.3 Å². The molecule has 8 nitrogen and oxygen atoms in total. The number of nitrogens with zero attached hydrogens (tertiary/aromatic N) is 1. The molecule has 2 amide bonds. The van der Waals surface area contributed by atoms with E-state index in [1.165, 1.54) is 0 Å². The molecule has 2 N–H and O–H groups in total. The number of unbranched alkanes of at least 4 members (excludes halogenated alkanes) is 4. The first-order valence-electron chi connectivity index (χ1n) is 17.5. The third-order valence-electron chi connectivity index (χ3n) is 9.65. The summed E-state index contributed by atoms with van der Waals surface area (Å²) >= 11 is 0. The highest BCUT2D eigenvalue weighted by Crippen LogP contribution is 2.44. The zero-order chi connectivity index (χ0) is 35.0. The van der Waals surface area contributed by atoms with E-state index in [0.717, 1.165) is 60.3 Å². The van der Waals surface area contributed by atoms with E-state index < -0.39 is 11.0 Å². The van der Waals surface area contributed by atoms with Crippen LogP contribution < -0.4 is 14.8 Å². The zero-order valence-electron chi connectivity index (χ0n) is 29.1. The minimum Gasteiger partial charge on any atom is -0.497 e. The molecule has 0 aliphatic carbocycles. The Kier molecular flexibility index (Phi) is 14.6. The van der Waals surface area contributed by atoms with Crippen LogP contribution in [0.4, 0.5) is 0 Å². The maximum atomic E-state index is 13.1. The summed E-state index contributed by atoms with van der Waals surface area (Å²) in [5, 5.41) is 13.7. The van der Waals surface area contributed by atoms with Crippen molar-refractivity contribution in [2.45, 2.75) is 69.8 Å². The normalized spacial score (nSPS) is 14.1. The van der Waals surface area contributed by atoms with E-state index in [4.69, 9.17) is 20.6 Å². The molecule has 0 atom stereocenters. The average molecular weight is 669 g/mol. The lowest BCUT2D eigenvalue weighted by atomic mass is 9.77. The predicted octanol–water partition coefficient (Wildman–Crippen LogP) is 6.48. The quantitative estimate of drug-likeness (QED) is 0.0862. The number of aliphatic hydroxyl groups excluding tert-OH is 1. The van der Waals surface area contributed by atoms with E-state index in [-0.39, 0.29) is 18.4 Å². The molecule has 262 valence electrons. The van der Waals surface area contributed by atoms with Crippen molar-refractivity contribution in [2.24, 2.45) is 5.41 Å². The number of benzene rings is 3. The van der Waals surface area contributed by atoms with E-state index in [9.17, 15) is 14.7 Å². The lowest BCUT2D eigenvalue weighted by molar-refractivity contribution is -0.137. The van der Waals surface area contributed by atoms with E-state index in [1.807, 2.05) is 71.6 Å². The van der Waals surface area contributed by atoms with Crippen LogP contribution in [0.25, 0.3) is 0 Å². The number of hydrogen-bond acceptors (Lipinski definition) is 6. The van der Waals surface area contributed by atoms with Gasteiger partial charge in [-0.05, 0) is 79.5 Å². The highest BCUT2D eigenvalue weighted by atomic mass is 16.5. The number of amides is 2. The van der Waals surface area contributed by atoms with Gasteiger partial charge in [0.15, 0.2) is 0 Å². The molecule has 1 aliphatic heterocycles. The number of aliphatic hydroxyl groups is 1. The maximum Gasteiger partial charge on any atom is 0.222 e. The van der Waals surface area contributed by atoms with Gasteiger partial charge in [-0.3, -0.25) is 9.59 Å². The largest absolute Gasteiger partial charge is 0.497 e. The summed E-state index contributed by atoms with van der Waals surface area (Å²) in [5.41, 5.74) is 1.35. The van der Waals surface area contributed by atoms with Crippen LogP contribution in [0.1, 0.15) is 80.9 Å². The van der Waals surface area contributed by atoms with Gasteiger partial charge in [0.1, 0.15) is 17.1 Å². The summed E-state index contributed by atoms with van der Waals surface area (Å²) in [7, 11) is 3.30. The van der Waals surface area contributed by atoms with E-state index in [2.05, 4.69) is 23.4 Å². The molecule has 1 fully saturated rings. The Morgan fingerprint density at radius 3 is 1.94 bits per heavy atom. The molecule has 1 saturated heterocycles. The van der Waals surface area contributed by atoms with Crippen molar-refractivity contribution in [2.75, 3.05) is 47.1 Å². The van der Waals surface area contributed by atoms with E-state index in [1.54, 1.807) is 14.2 Å². The lowest BCUT2D eigenvalue weighted by Gasteiger charge is -2.44. The molecular formula is C41H52N2O6. The molecule has 0 aromatic heterocycles. The number of piperidine rings is 1. The van der Waals surface area contributed by atoms with Crippen LogP contribution in [0.2, 0.25) is 0 Å². The van der Waals surface area contributed by atoms with Crippen LogP contribution in [0.3, 0.4) is 0 Å². The Bertz CT molecular complexity index is 1430. The molecule has 49 heavy (non-hydrogen) atoms. The molecule has 0 radical (unpaired) electrons. The summed E-state index contributed by atoms with van der Waals surface area (Å²) in [5.74, 6) is 4.29. The van der Waals surface area contributed by atoms with Crippen molar-refractivity contribution in [1.29, 1.82) is 0 Å². The average Bonchev–Trinajstić information content (AvgIpc) is 3.16. The zero-order valence-corrected chi connectivity index (χ0v) is 29.1. The number of likely N-dealkylation sites (tertiary alicyclic amines) is 1. The second-order valence-corrected chi connectivity index (χ2v) is 12.9. The number of carbonyl (C=O) groups excluding carboxylic acids is 2. The van der Waals surface area contributed by atoms with Crippen LogP contribution in [0.15, 0.2) is 78.9 Å². The van der Waals surface area contributed by atoms with Crippen molar-refractivity contribution in [3.8, 4) is 23.8 Å². The highest BCUT2D eigenvalue weighted by molar-refractivity contribution is 5.76. The van der Waals surface area contributed by atoms with Gasteiger partial charge < -0.3 is 29.5 Å². The minimum atomic E-state index is -0.976. The van der Waals surface area contributed by atoms with Crippen LogP contribution in [-0.2, 0) is 19.9 Å². The standard InChI is InChI=1S/C41H52N2O6/c1-4-5-6-11-16-38(45)42-28-13-8-12-17-39(46)43-29-26-40(31-44,27-30-43)32-49-41(33-14-9-7-10-15-33,34-18-22-36(47-2)23-19-34)35-20-24-37(48-3)25-21-35/h1,7,9-10,14-15,18-25,44H,5-6,8,11-13,16-17,26-32H2,2-3H3,(H,42,45). The molecule has 1 heterocycles. The van der Waals surface area contributed by atoms with Gasteiger partial charge in [0.05, 0.1) is 27.4 Å². The first-order chi connectivity index (χ1) is 23.9. The predicted molar refractivity (Wildman–Crippen MR) is 192 cm³/mol. The van der Waals surface area contributed by atoms with Crippen LogP contribution >= 0.6 is 0 Å². The summed E-state index contributed by atoms with van der Waals surface area (Å²) in [4.78, 5) is 27.0. The monoisotopic (exact) mass is 668 g/mol. The molecule has 0 saturated carbocycles. The fourth-order valence-corrected chi connectivity index (χ4v) is 6.48. The summed E-state index contributed by atoms with van der Waals surface area (Å²) < 4.78 is 18.1. The highest BCUT2D eigenvalue weighted by Gasteiger charge is 2.43. The van der Waals surface area contributed by atoms with Gasteiger partial charge in [-0.25, -0.2) is 0 Å². The lowest BCUT2D eigenvalue weighted by Crippen LogP contribution is -2.48. The molecule has 0 unspecified atom stereocenters. The second kappa shape index (κ2) is 19.0. The van der Waals surface area contributed by atoms with Crippen LogP contribution in [0.5, 0.6) is 11.5 Å². The smallest absolute Gasteiger partial charge is 0.222 e. The molecule has 3 aromatic carbocycles. The number of nitrogens with one attached hydrogen (secondary N) is 1. The number of rotatable bonds is 19. The van der Waals surface area contributed by atoms with Crippen molar-refractivity contribution >= 4 is 11.8 Å². The molecular weight excluding hydrogens is 616 g/mol. The minimum absolute atomic E-state index is 0.0409. The number of carbonyl (C=O) groups is 2. The van der Waals surface area contributed by atoms with E-state index in [0.29, 0.717) is 58.3 Å². The number of methoxy groups -OCH3 is 2. The molecule has 0 spiro atoms. The molecule has 0 bridgehead atoms. The Hall–Kier alpha value is -4.32. The van der Waals surface area contributed by atoms with Gasteiger partial charge >= 0.3 is 0 Å². The van der Waals surface area contributed by atoms with Gasteiger partial charge in [0.2, 0.25) is 11.8 Å². The third-order valence-corrected chi connectivity index (χ3v) is 9.65. The molecule has 4 rings (SSSR count). The van der Waals surface area contributed by atoms with Gasteiger partial charge in [-0.15, -0.1) is 12.3 Å². The molecule has 1 aliphatic rings. The first kappa shape index (κ1) is 37.5. The molecule has 8 heteroatoms.